The summed E-state index contributed by atoms with van der Waals surface area (Å²) in [6.07, 6.45) is 0.897. The van der Waals surface area contributed by atoms with Gasteiger partial charge in [-0.2, -0.15) is 0 Å². The summed E-state index contributed by atoms with van der Waals surface area (Å²) in [5.41, 5.74) is 5.83. The summed E-state index contributed by atoms with van der Waals surface area (Å²) in [7, 11) is -3.29. The molecule has 22 heavy (non-hydrogen) atoms. The summed E-state index contributed by atoms with van der Waals surface area (Å²) in [5, 5.41) is 2.92. The van der Waals surface area contributed by atoms with Crippen LogP contribution in [0.5, 0.6) is 0 Å². The lowest BCUT2D eigenvalue weighted by molar-refractivity contribution is 0.225. The van der Waals surface area contributed by atoms with Crippen molar-refractivity contribution in [3.05, 3.63) is 53.6 Å². The Labute approximate surface area is 131 Å². The first kappa shape index (κ1) is 15.3. The van der Waals surface area contributed by atoms with E-state index in [1.807, 2.05) is 12.1 Å². The number of hydrogen-bond donors (Lipinski definition) is 1. The fraction of sp³-hybridized carbons (Fsp3) is 0.294. The van der Waals surface area contributed by atoms with Gasteiger partial charge in [-0.15, -0.1) is 0 Å². The van der Waals surface area contributed by atoms with Gasteiger partial charge in [0.2, 0.25) is 0 Å². The van der Waals surface area contributed by atoms with Crippen molar-refractivity contribution in [2.24, 2.45) is 0 Å². The van der Waals surface area contributed by atoms with E-state index in [4.69, 9.17) is 9.05 Å². The summed E-state index contributed by atoms with van der Waals surface area (Å²) in [6, 6.07) is 14.4. The van der Waals surface area contributed by atoms with Crippen molar-refractivity contribution in [1.29, 1.82) is 0 Å². The maximum absolute atomic E-state index is 12.5. The van der Waals surface area contributed by atoms with Crippen LogP contribution in [0.2, 0.25) is 0 Å². The maximum Gasteiger partial charge on any atom is 0.432 e. The van der Waals surface area contributed by atoms with Gasteiger partial charge in [-0.3, -0.25) is 14.1 Å². The van der Waals surface area contributed by atoms with Gasteiger partial charge < -0.3 is 0 Å². The normalized spacial score (nSPS) is 12.8. The maximum atomic E-state index is 12.5. The first-order valence-electron chi connectivity index (χ1n) is 7.54. The van der Waals surface area contributed by atoms with Gasteiger partial charge in [0.25, 0.3) is 0 Å². The second-order valence-corrected chi connectivity index (χ2v) is 6.89. The van der Waals surface area contributed by atoms with Crippen LogP contribution in [0.1, 0.15) is 25.0 Å². The van der Waals surface area contributed by atoms with Gasteiger partial charge in [0, 0.05) is 5.69 Å². The number of fused-ring (bicyclic) bond motifs is 3. The van der Waals surface area contributed by atoms with E-state index in [0.29, 0.717) is 13.2 Å². The molecule has 1 N–H and O–H groups in total. The summed E-state index contributed by atoms with van der Waals surface area (Å²) in [5.74, 6) is 0. The minimum absolute atomic E-state index is 0.334. The molecule has 2 aromatic carbocycles. The summed E-state index contributed by atoms with van der Waals surface area (Å²) in [6.45, 7) is 4.26. The largest absolute Gasteiger partial charge is 0.432 e. The van der Waals surface area contributed by atoms with E-state index in [1.54, 1.807) is 13.8 Å². The van der Waals surface area contributed by atoms with E-state index >= 15 is 0 Å². The topological polar surface area (TPSA) is 47.6 Å². The molecule has 1 aliphatic rings. The van der Waals surface area contributed by atoms with Crippen LogP contribution in [0.3, 0.4) is 0 Å². The predicted molar refractivity (Wildman–Crippen MR) is 89.2 cm³/mol. The monoisotopic (exact) mass is 317 g/mol. The van der Waals surface area contributed by atoms with Crippen molar-refractivity contribution in [1.82, 2.24) is 0 Å². The van der Waals surface area contributed by atoms with E-state index in [-0.39, 0.29) is 0 Å². The highest BCUT2D eigenvalue weighted by Crippen LogP contribution is 2.48. The Morgan fingerprint density at radius 2 is 1.68 bits per heavy atom. The Kier molecular flexibility index (Phi) is 4.34. The zero-order valence-electron chi connectivity index (χ0n) is 12.8. The average Bonchev–Trinajstić information content (AvgIpc) is 2.85. The van der Waals surface area contributed by atoms with Crippen LogP contribution in [0, 0.1) is 0 Å². The minimum Gasteiger partial charge on any atom is -0.293 e. The quantitative estimate of drug-likeness (QED) is 0.660. The predicted octanol–water partition coefficient (Wildman–Crippen LogP) is 4.85. The smallest absolute Gasteiger partial charge is 0.293 e. The van der Waals surface area contributed by atoms with E-state index < -0.39 is 7.75 Å². The van der Waals surface area contributed by atoms with Crippen LogP contribution >= 0.6 is 7.75 Å². The van der Waals surface area contributed by atoms with Gasteiger partial charge in [-0.05, 0) is 54.7 Å². The van der Waals surface area contributed by atoms with Crippen LogP contribution in [0.25, 0.3) is 11.1 Å². The molecule has 0 spiro atoms. The lowest BCUT2D eigenvalue weighted by Gasteiger charge is -2.19. The molecule has 0 bridgehead atoms. The number of nitrogens with one attached hydrogen (secondary N) is 1. The van der Waals surface area contributed by atoms with Crippen molar-refractivity contribution < 1.29 is 13.6 Å². The van der Waals surface area contributed by atoms with Crippen LogP contribution in [0.4, 0.5) is 5.69 Å². The van der Waals surface area contributed by atoms with Gasteiger partial charge in [0.05, 0.1) is 13.2 Å². The van der Waals surface area contributed by atoms with Crippen molar-refractivity contribution in [3.63, 3.8) is 0 Å². The summed E-state index contributed by atoms with van der Waals surface area (Å²) < 4.78 is 23.1. The highest BCUT2D eigenvalue weighted by molar-refractivity contribution is 7.55. The third-order valence-corrected chi connectivity index (χ3v) is 5.39. The molecule has 0 atom stereocenters. The second-order valence-electron chi connectivity index (χ2n) is 5.15. The fourth-order valence-electron chi connectivity index (χ4n) is 2.81. The summed E-state index contributed by atoms with van der Waals surface area (Å²) >= 11 is 0. The lowest BCUT2D eigenvalue weighted by atomic mass is 10.1. The molecule has 0 amide bonds. The van der Waals surface area contributed by atoms with Gasteiger partial charge in [-0.1, -0.05) is 30.3 Å². The zero-order valence-corrected chi connectivity index (χ0v) is 13.7. The Balaban J connectivity index is 1.86. The molecular formula is C17H20NO3P. The Morgan fingerprint density at radius 3 is 2.41 bits per heavy atom. The molecule has 0 radical (unpaired) electrons. The third kappa shape index (κ3) is 2.95. The highest BCUT2D eigenvalue weighted by Gasteiger charge is 2.25. The van der Waals surface area contributed by atoms with Crippen molar-refractivity contribution in [3.8, 4) is 11.1 Å². The van der Waals surface area contributed by atoms with Gasteiger partial charge in [0.15, 0.2) is 0 Å². The highest BCUT2D eigenvalue weighted by atomic mass is 31.2. The molecule has 116 valence electrons. The molecular weight excluding hydrogens is 297 g/mol. The molecule has 0 heterocycles. The third-order valence-electron chi connectivity index (χ3n) is 3.66. The molecule has 2 aromatic rings. The molecule has 3 rings (SSSR count). The first-order valence-corrected chi connectivity index (χ1v) is 9.08. The first-order chi connectivity index (χ1) is 10.6. The van der Waals surface area contributed by atoms with E-state index in [9.17, 15) is 4.57 Å². The number of anilines is 1. The molecule has 1 aliphatic carbocycles. The molecule has 0 aliphatic heterocycles. The molecule has 4 nitrogen and oxygen atoms in total. The van der Waals surface area contributed by atoms with Crippen LogP contribution in [-0.2, 0) is 20.0 Å². The van der Waals surface area contributed by atoms with E-state index in [0.717, 1.165) is 12.1 Å². The molecule has 5 heteroatoms. The molecule has 0 saturated carbocycles. The number of hydrogen-bond acceptors (Lipinski definition) is 3. The molecule has 0 fully saturated rings. The Bertz CT molecular complexity index is 720. The number of rotatable bonds is 6. The summed E-state index contributed by atoms with van der Waals surface area (Å²) in [4.78, 5) is 0. The number of benzene rings is 2. The fourth-order valence-corrected chi connectivity index (χ4v) is 4.15. The SMILES string of the molecule is CCOP(=O)(Nc1ccc2c(c1)Cc1ccccc1-2)OCC. The second kappa shape index (κ2) is 6.25. The van der Waals surface area contributed by atoms with Crippen molar-refractivity contribution in [2.75, 3.05) is 18.3 Å². The molecule has 0 saturated heterocycles. The van der Waals surface area contributed by atoms with Crippen molar-refractivity contribution >= 4 is 13.4 Å². The Hall–Kier alpha value is -1.61. The van der Waals surface area contributed by atoms with Gasteiger partial charge in [0.1, 0.15) is 0 Å². The van der Waals surface area contributed by atoms with Crippen molar-refractivity contribution in [2.45, 2.75) is 20.3 Å². The lowest BCUT2D eigenvalue weighted by Crippen LogP contribution is -2.05. The minimum atomic E-state index is -3.29. The standard InChI is InChI=1S/C17H20NO3P/c1-3-20-22(19,21-4-2)18-15-9-10-17-14(12-15)11-13-7-5-6-8-16(13)17/h5-10,12H,3-4,11H2,1-2H3,(H,18,19). The molecule has 0 unspecified atom stereocenters. The van der Waals surface area contributed by atoms with E-state index in [2.05, 4.69) is 35.4 Å². The molecule has 0 aromatic heterocycles. The average molecular weight is 317 g/mol. The van der Waals surface area contributed by atoms with Gasteiger partial charge in [-0.25, -0.2) is 4.57 Å². The Morgan fingerprint density at radius 1 is 1.00 bits per heavy atom. The van der Waals surface area contributed by atoms with E-state index in [1.165, 1.54) is 22.3 Å². The zero-order chi connectivity index (χ0) is 15.6. The van der Waals surface area contributed by atoms with Crippen LogP contribution < -0.4 is 5.09 Å². The van der Waals surface area contributed by atoms with Crippen LogP contribution in [0.15, 0.2) is 42.5 Å². The van der Waals surface area contributed by atoms with Gasteiger partial charge >= 0.3 is 7.75 Å². The van der Waals surface area contributed by atoms with Crippen LogP contribution in [-0.4, -0.2) is 13.2 Å².